The molecular formula is C22H20F3N3O3. The van der Waals surface area contributed by atoms with E-state index in [-0.39, 0.29) is 34.9 Å². The molecular weight excluding hydrogens is 411 g/mol. The van der Waals surface area contributed by atoms with Crippen molar-refractivity contribution in [2.75, 3.05) is 7.11 Å². The number of carbonyl (C=O) groups excluding carboxylic acids is 1. The molecule has 0 bridgehead atoms. The van der Waals surface area contributed by atoms with E-state index in [0.29, 0.717) is 0 Å². The quantitative estimate of drug-likeness (QED) is 0.538. The fraction of sp³-hybridized carbons (Fsp3) is 0.227. The summed E-state index contributed by atoms with van der Waals surface area (Å²) in [6.45, 7) is 3.84. The van der Waals surface area contributed by atoms with E-state index in [1.807, 2.05) is 19.9 Å². The molecule has 0 aliphatic rings. The van der Waals surface area contributed by atoms with Crippen LogP contribution in [0.1, 0.15) is 30.5 Å². The molecule has 0 amide bonds. The van der Waals surface area contributed by atoms with Crippen molar-refractivity contribution in [2.24, 2.45) is 0 Å². The summed E-state index contributed by atoms with van der Waals surface area (Å²) >= 11 is 0. The largest absolute Gasteiger partial charge is 0.472 e. The average Bonchev–Trinajstić information content (AvgIpc) is 3.25. The second kappa shape index (κ2) is 10.8. The molecule has 0 spiro atoms. The van der Waals surface area contributed by atoms with Crippen LogP contribution in [0, 0.1) is 28.8 Å². The number of nitriles is 1. The van der Waals surface area contributed by atoms with E-state index in [4.69, 9.17) is 10.00 Å². The van der Waals surface area contributed by atoms with Gasteiger partial charge in [-0.25, -0.2) is 17.9 Å². The Morgan fingerprint density at radius 1 is 1.06 bits per heavy atom. The van der Waals surface area contributed by atoms with Crippen molar-refractivity contribution < 1.29 is 27.4 Å². The van der Waals surface area contributed by atoms with Crippen LogP contribution >= 0.6 is 0 Å². The van der Waals surface area contributed by atoms with Crippen LogP contribution in [0.3, 0.4) is 0 Å². The lowest BCUT2D eigenvalue weighted by molar-refractivity contribution is -0.139. The number of hydrogen-bond acceptors (Lipinski definition) is 5. The molecule has 3 aromatic rings. The summed E-state index contributed by atoms with van der Waals surface area (Å²) in [6, 6.07) is 9.00. The zero-order valence-corrected chi connectivity index (χ0v) is 17.2. The highest BCUT2D eigenvalue weighted by atomic mass is 19.1. The maximum Gasteiger partial charge on any atom is 0.310 e. The summed E-state index contributed by atoms with van der Waals surface area (Å²) in [5.41, 5.74) is 0.0696. The monoisotopic (exact) mass is 431 g/mol. The van der Waals surface area contributed by atoms with Crippen LogP contribution in [0.15, 0.2) is 42.6 Å². The van der Waals surface area contributed by atoms with Crippen molar-refractivity contribution in [3.63, 3.8) is 0 Å². The van der Waals surface area contributed by atoms with Crippen molar-refractivity contribution >= 4 is 5.97 Å². The minimum Gasteiger partial charge on any atom is -0.472 e. The van der Waals surface area contributed by atoms with E-state index >= 15 is 0 Å². The van der Waals surface area contributed by atoms with Gasteiger partial charge in [-0.05, 0) is 18.2 Å². The minimum atomic E-state index is -0.793. The van der Waals surface area contributed by atoms with Gasteiger partial charge in [0.05, 0.1) is 25.2 Å². The number of aromatic nitrogens is 2. The van der Waals surface area contributed by atoms with Crippen LogP contribution in [0.5, 0.6) is 5.88 Å². The molecule has 0 saturated carbocycles. The molecule has 0 saturated heterocycles. The molecule has 0 radical (unpaired) electrons. The second-order valence-corrected chi connectivity index (χ2v) is 5.95. The Labute approximate surface area is 177 Å². The lowest BCUT2D eigenvalue weighted by atomic mass is 10.1. The Hall–Kier alpha value is -3.80. The summed E-state index contributed by atoms with van der Waals surface area (Å²) < 4.78 is 53.3. The van der Waals surface area contributed by atoms with Gasteiger partial charge in [0.1, 0.15) is 29.7 Å². The van der Waals surface area contributed by atoms with Gasteiger partial charge in [-0.2, -0.15) is 5.26 Å². The van der Waals surface area contributed by atoms with Gasteiger partial charge >= 0.3 is 5.97 Å². The average molecular weight is 431 g/mol. The first-order chi connectivity index (χ1) is 14.9. The van der Waals surface area contributed by atoms with E-state index in [2.05, 4.69) is 9.84 Å². The Morgan fingerprint density at radius 3 is 2.42 bits per heavy atom. The van der Waals surface area contributed by atoms with Crippen LogP contribution in [0.25, 0.3) is 5.69 Å². The fourth-order valence-electron chi connectivity index (χ4n) is 2.52. The molecule has 1 aromatic heterocycles. The molecule has 6 nitrogen and oxygen atoms in total. The normalized spacial score (nSPS) is 9.97. The number of halogens is 3. The van der Waals surface area contributed by atoms with Crippen molar-refractivity contribution in [3.05, 3.63) is 76.7 Å². The lowest BCUT2D eigenvalue weighted by Gasteiger charge is -2.08. The van der Waals surface area contributed by atoms with Gasteiger partial charge in [0.15, 0.2) is 0 Å². The molecule has 0 aliphatic heterocycles. The van der Waals surface area contributed by atoms with Gasteiger partial charge in [-0.15, -0.1) is 5.10 Å². The predicted octanol–water partition coefficient (Wildman–Crippen LogP) is 4.48. The van der Waals surface area contributed by atoms with E-state index in [0.717, 1.165) is 30.0 Å². The highest BCUT2D eigenvalue weighted by molar-refractivity contribution is 5.72. The zero-order chi connectivity index (χ0) is 23.0. The third-order valence-corrected chi connectivity index (χ3v) is 4.05. The third-order valence-electron chi connectivity index (χ3n) is 4.05. The number of nitrogens with zero attached hydrogens (tertiary/aromatic N) is 3. The summed E-state index contributed by atoms with van der Waals surface area (Å²) in [6.07, 6.45) is 0.950. The van der Waals surface area contributed by atoms with Gasteiger partial charge in [0.2, 0.25) is 5.88 Å². The van der Waals surface area contributed by atoms with Gasteiger partial charge in [0, 0.05) is 29.5 Å². The molecule has 2 aromatic carbocycles. The number of rotatable bonds is 6. The Kier molecular flexibility index (Phi) is 8.20. The van der Waals surface area contributed by atoms with Crippen LogP contribution in [0.2, 0.25) is 0 Å². The predicted molar refractivity (Wildman–Crippen MR) is 106 cm³/mol. The molecule has 0 N–H and O–H groups in total. The molecule has 3 rings (SSSR count). The SMILES string of the molecule is CC.COC(=O)Cc1cc(F)c(-n2ccc(OCc3ccc(C#N)cc3F)n2)cc1F. The van der Waals surface area contributed by atoms with Crippen LogP contribution in [0.4, 0.5) is 13.2 Å². The number of benzene rings is 2. The molecule has 0 fully saturated rings. The maximum absolute atomic E-state index is 14.4. The first kappa shape index (κ1) is 23.5. The number of methoxy groups -OCH3 is 1. The van der Waals surface area contributed by atoms with E-state index in [9.17, 15) is 18.0 Å². The number of hydrogen-bond donors (Lipinski definition) is 0. The molecule has 0 aliphatic carbocycles. The van der Waals surface area contributed by atoms with Crippen molar-refractivity contribution in [3.8, 4) is 17.6 Å². The first-order valence-electron chi connectivity index (χ1n) is 9.33. The summed E-state index contributed by atoms with van der Waals surface area (Å²) in [4.78, 5) is 11.3. The molecule has 31 heavy (non-hydrogen) atoms. The number of esters is 1. The van der Waals surface area contributed by atoms with Crippen LogP contribution in [-0.2, 0) is 22.6 Å². The standard InChI is InChI=1S/C20H14F3N3O3.C2H6/c1-28-20(27)8-14-7-17(23)18(9-16(14)22)26-5-4-19(25-26)29-11-13-3-2-12(10-24)6-15(13)21;1-2/h2-7,9H,8,11H2,1H3;1-2H3. The van der Waals surface area contributed by atoms with Crippen LogP contribution in [-0.4, -0.2) is 22.9 Å². The highest BCUT2D eigenvalue weighted by Gasteiger charge is 2.16. The van der Waals surface area contributed by atoms with Crippen LogP contribution < -0.4 is 4.74 Å². The van der Waals surface area contributed by atoms with E-state index in [1.165, 1.54) is 24.4 Å². The topological polar surface area (TPSA) is 77.1 Å². The van der Waals surface area contributed by atoms with E-state index < -0.39 is 29.8 Å². The molecule has 162 valence electrons. The number of carbonyl (C=O) groups is 1. The smallest absolute Gasteiger partial charge is 0.310 e. The summed E-state index contributed by atoms with van der Waals surface area (Å²) in [7, 11) is 1.15. The fourth-order valence-corrected chi connectivity index (χ4v) is 2.52. The Balaban J connectivity index is 0.00000166. The number of ether oxygens (including phenoxy) is 2. The lowest BCUT2D eigenvalue weighted by Crippen LogP contribution is -2.08. The third kappa shape index (κ3) is 5.85. The summed E-state index contributed by atoms with van der Waals surface area (Å²) in [5.74, 6) is -2.81. The first-order valence-corrected chi connectivity index (χ1v) is 9.33. The minimum absolute atomic E-state index is 0.0622. The van der Waals surface area contributed by atoms with Gasteiger partial charge in [-0.3, -0.25) is 4.79 Å². The van der Waals surface area contributed by atoms with Crippen molar-refractivity contribution in [1.29, 1.82) is 5.26 Å². The molecule has 0 atom stereocenters. The maximum atomic E-state index is 14.4. The molecule has 1 heterocycles. The zero-order valence-electron chi connectivity index (χ0n) is 17.2. The summed E-state index contributed by atoms with van der Waals surface area (Å²) in [5, 5.41) is 12.7. The van der Waals surface area contributed by atoms with Gasteiger partial charge in [-0.1, -0.05) is 19.9 Å². The van der Waals surface area contributed by atoms with Gasteiger partial charge in [0.25, 0.3) is 0 Å². The van der Waals surface area contributed by atoms with E-state index in [1.54, 1.807) is 0 Å². The molecule has 9 heteroatoms. The molecule has 0 unspecified atom stereocenters. The Bertz CT molecular complexity index is 1110. The van der Waals surface area contributed by atoms with Crippen molar-refractivity contribution in [2.45, 2.75) is 26.9 Å². The second-order valence-electron chi connectivity index (χ2n) is 5.95. The van der Waals surface area contributed by atoms with Gasteiger partial charge < -0.3 is 9.47 Å². The Morgan fingerprint density at radius 2 is 1.77 bits per heavy atom. The highest BCUT2D eigenvalue weighted by Crippen LogP contribution is 2.21. The van der Waals surface area contributed by atoms with Crippen molar-refractivity contribution in [1.82, 2.24) is 9.78 Å².